The maximum atomic E-state index is 12.4. The van der Waals surface area contributed by atoms with Crippen LogP contribution < -0.4 is 4.74 Å². The first-order valence-electron chi connectivity index (χ1n) is 14.3. The predicted octanol–water partition coefficient (Wildman–Crippen LogP) is 8.79. The Morgan fingerprint density at radius 3 is 2.19 bits per heavy atom. The molecule has 3 unspecified atom stereocenters. The van der Waals surface area contributed by atoms with Gasteiger partial charge in [-0.3, -0.25) is 9.59 Å². The molecule has 1 N–H and O–H groups in total. The van der Waals surface area contributed by atoms with Crippen LogP contribution in [0.25, 0.3) is 0 Å². The number of ketones is 2. The van der Waals surface area contributed by atoms with Gasteiger partial charge < -0.3 is 14.6 Å². The van der Waals surface area contributed by atoms with Gasteiger partial charge in [0, 0.05) is 27.2 Å². The number of Topliss-reactive ketones (excluding diaryl/α,β-unsaturated/α-hetero) is 2. The van der Waals surface area contributed by atoms with E-state index in [0.29, 0.717) is 23.5 Å². The number of phenols is 1. The van der Waals surface area contributed by atoms with E-state index in [1.165, 1.54) is 35.2 Å². The summed E-state index contributed by atoms with van der Waals surface area (Å²) in [4.78, 5) is 33.8. The Morgan fingerprint density at radius 1 is 0.860 bits per heavy atom. The van der Waals surface area contributed by atoms with Crippen LogP contribution in [0.4, 0.5) is 0 Å². The second-order valence-electron chi connectivity index (χ2n) is 11.0. The Labute approximate surface area is 268 Å². The number of aromatic hydroxyl groups is 1. The van der Waals surface area contributed by atoms with Gasteiger partial charge in [-0.15, -0.1) is 0 Å². The summed E-state index contributed by atoms with van der Waals surface area (Å²) in [5.74, 6) is 1.31. The second kappa shape index (κ2) is 13.8. The average Bonchev–Trinajstić information content (AvgIpc) is 3.64. The van der Waals surface area contributed by atoms with Crippen molar-refractivity contribution in [3.05, 3.63) is 127 Å². The molecule has 7 rings (SSSR count). The van der Waals surface area contributed by atoms with Crippen molar-refractivity contribution < 1.29 is 24.2 Å². The van der Waals surface area contributed by atoms with E-state index >= 15 is 0 Å². The SMILES string of the molecule is CC(=O)c1cc(Br)ccc1O.O=C1CC(C2CCc3ccccc32)Oc2ccc(Br)cc21.O=CC1CCc2ccccc21. The van der Waals surface area contributed by atoms with Crippen LogP contribution in [-0.4, -0.2) is 29.1 Å². The fourth-order valence-electron chi connectivity index (χ4n) is 6.04. The van der Waals surface area contributed by atoms with Gasteiger partial charge in [-0.25, -0.2) is 0 Å². The lowest BCUT2D eigenvalue weighted by Crippen LogP contribution is -2.31. The van der Waals surface area contributed by atoms with Crippen molar-refractivity contribution in [2.24, 2.45) is 0 Å². The van der Waals surface area contributed by atoms with E-state index in [4.69, 9.17) is 9.84 Å². The number of benzene rings is 4. The van der Waals surface area contributed by atoms with Crippen LogP contribution in [0.2, 0.25) is 0 Å². The Balaban J connectivity index is 0.000000142. The van der Waals surface area contributed by atoms with Crippen molar-refractivity contribution in [2.75, 3.05) is 0 Å². The van der Waals surface area contributed by atoms with Gasteiger partial charge in [0.25, 0.3) is 0 Å². The molecule has 0 amide bonds. The zero-order valence-electron chi connectivity index (χ0n) is 23.8. The number of ether oxygens (including phenoxy) is 1. The molecule has 5 nitrogen and oxygen atoms in total. The molecule has 2 aliphatic carbocycles. The fraction of sp³-hybridized carbons (Fsp3) is 0.250. The molecule has 220 valence electrons. The molecule has 43 heavy (non-hydrogen) atoms. The first-order chi connectivity index (χ1) is 20.7. The summed E-state index contributed by atoms with van der Waals surface area (Å²) in [6, 6.07) is 27.2. The second-order valence-corrected chi connectivity index (χ2v) is 12.8. The number of carbonyl (C=O) groups excluding carboxylic acids is 3. The smallest absolute Gasteiger partial charge is 0.170 e. The zero-order valence-corrected chi connectivity index (χ0v) is 26.9. The summed E-state index contributed by atoms with van der Waals surface area (Å²) in [6.07, 6.45) is 5.73. The van der Waals surface area contributed by atoms with Gasteiger partial charge in [0.1, 0.15) is 23.9 Å². The van der Waals surface area contributed by atoms with Crippen LogP contribution in [-0.2, 0) is 17.6 Å². The zero-order chi connectivity index (χ0) is 30.5. The summed E-state index contributed by atoms with van der Waals surface area (Å²) in [6.45, 7) is 1.42. The van der Waals surface area contributed by atoms with Crippen molar-refractivity contribution in [3.8, 4) is 11.5 Å². The van der Waals surface area contributed by atoms with Gasteiger partial charge in [-0.05, 0) is 91.3 Å². The van der Waals surface area contributed by atoms with Crippen molar-refractivity contribution in [1.29, 1.82) is 0 Å². The van der Waals surface area contributed by atoms with E-state index in [-0.39, 0.29) is 29.3 Å². The first-order valence-corrected chi connectivity index (χ1v) is 15.9. The lowest BCUT2D eigenvalue weighted by molar-refractivity contribution is -0.109. The van der Waals surface area contributed by atoms with Gasteiger partial charge in [-0.2, -0.15) is 0 Å². The Bertz CT molecular complexity index is 1660. The third-order valence-electron chi connectivity index (χ3n) is 8.22. The first kappa shape index (κ1) is 30.9. The van der Waals surface area contributed by atoms with Crippen LogP contribution in [0.1, 0.15) is 81.0 Å². The number of hydrogen-bond acceptors (Lipinski definition) is 5. The maximum Gasteiger partial charge on any atom is 0.170 e. The number of fused-ring (bicyclic) bond motifs is 3. The monoisotopic (exact) mass is 702 g/mol. The summed E-state index contributed by atoms with van der Waals surface area (Å²) in [5, 5.41) is 9.16. The van der Waals surface area contributed by atoms with Gasteiger partial charge >= 0.3 is 0 Å². The van der Waals surface area contributed by atoms with E-state index in [9.17, 15) is 14.4 Å². The summed E-state index contributed by atoms with van der Waals surface area (Å²) in [7, 11) is 0. The third kappa shape index (κ3) is 7.16. The molecule has 3 aliphatic rings. The average molecular weight is 704 g/mol. The Kier molecular flexibility index (Phi) is 9.93. The molecule has 0 radical (unpaired) electrons. The quantitative estimate of drug-likeness (QED) is 0.170. The van der Waals surface area contributed by atoms with E-state index < -0.39 is 0 Å². The molecule has 0 fully saturated rings. The van der Waals surface area contributed by atoms with Crippen molar-refractivity contribution in [2.45, 2.75) is 57.0 Å². The van der Waals surface area contributed by atoms with Crippen LogP contribution >= 0.6 is 31.9 Å². The van der Waals surface area contributed by atoms with Crippen molar-refractivity contribution >= 4 is 49.7 Å². The lowest BCUT2D eigenvalue weighted by Gasteiger charge is -2.30. The van der Waals surface area contributed by atoms with Gasteiger partial charge in [-0.1, -0.05) is 80.4 Å². The molecule has 0 bridgehead atoms. The molecule has 0 saturated heterocycles. The van der Waals surface area contributed by atoms with Crippen molar-refractivity contribution in [1.82, 2.24) is 0 Å². The molecule has 3 atom stereocenters. The van der Waals surface area contributed by atoms with E-state index in [2.05, 4.69) is 68.3 Å². The molecular formula is C36H32Br2O5. The number of carbonyl (C=O) groups is 3. The molecule has 0 saturated carbocycles. The largest absolute Gasteiger partial charge is 0.507 e. The summed E-state index contributed by atoms with van der Waals surface area (Å²) >= 11 is 6.61. The topological polar surface area (TPSA) is 80.7 Å². The van der Waals surface area contributed by atoms with Crippen LogP contribution in [0, 0.1) is 0 Å². The minimum Gasteiger partial charge on any atom is -0.507 e. The van der Waals surface area contributed by atoms with E-state index in [1.54, 1.807) is 12.1 Å². The number of hydrogen-bond donors (Lipinski definition) is 1. The minimum absolute atomic E-state index is 0.0284. The van der Waals surface area contributed by atoms with E-state index in [0.717, 1.165) is 46.7 Å². The molecule has 1 heterocycles. The number of aryl methyl sites for hydroxylation is 2. The number of aldehydes is 1. The highest BCUT2D eigenvalue weighted by molar-refractivity contribution is 9.10. The summed E-state index contributed by atoms with van der Waals surface area (Å²) in [5.41, 5.74) is 6.40. The molecule has 1 aliphatic heterocycles. The lowest BCUT2D eigenvalue weighted by atomic mass is 9.88. The van der Waals surface area contributed by atoms with Gasteiger partial charge in [0.05, 0.1) is 11.1 Å². The van der Waals surface area contributed by atoms with Gasteiger partial charge in [0.15, 0.2) is 11.6 Å². The molecule has 7 heteroatoms. The van der Waals surface area contributed by atoms with Crippen molar-refractivity contribution in [3.63, 3.8) is 0 Å². The molecule has 4 aromatic rings. The molecule has 4 aromatic carbocycles. The van der Waals surface area contributed by atoms with E-state index in [1.807, 2.05) is 30.3 Å². The van der Waals surface area contributed by atoms with Gasteiger partial charge in [0.2, 0.25) is 0 Å². The fourth-order valence-corrected chi connectivity index (χ4v) is 6.76. The number of halogens is 2. The summed E-state index contributed by atoms with van der Waals surface area (Å²) < 4.78 is 7.87. The predicted molar refractivity (Wildman–Crippen MR) is 174 cm³/mol. The van der Waals surface area contributed by atoms with Crippen LogP contribution in [0.3, 0.4) is 0 Å². The minimum atomic E-state index is -0.135. The van der Waals surface area contributed by atoms with Crippen LogP contribution in [0.15, 0.2) is 93.9 Å². The third-order valence-corrected chi connectivity index (χ3v) is 9.20. The Hall–Kier alpha value is -3.55. The Morgan fingerprint density at radius 2 is 1.49 bits per heavy atom. The normalized spacial score (nSPS) is 19.3. The van der Waals surface area contributed by atoms with Crippen LogP contribution in [0.5, 0.6) is 11.5 Å². The standard InChI is InChI=1S/C18H15BrO2.C10H10O.C8H7BrO2/c19-12-6-8-17-15(9-12)16(20)10-18(21-17)14-7-5-11-3-1-2-4-13(11)14;11-7-9-6-5-8-3-1-2-4-10(8)9;1-5(10)7-4-6(9)2-3-8(7)11/h1-4,6,8-9,14,18H,5,7,10H2;1-4,7,9H,5-6H2;2-4,11H,1H3. The highest BCUT2D eigenvalue weighted by Crippen LogP contribution is 2.41. The highest BCUT2D eigenvalue weighted by atomic mass is 79.9. The molecular weight excluding hydrogens is 672 g/mol. The number of phenolic OH excluding ortho intramolecular Hbond substituents is 1. The molecule has 0 aromatic heterocycles. The number of rotatable bonds is 3. The maximum absolute atomic E-state index is 12.4. The highest BCUT2D eigenvalue weighted by Gasteiger charge is 2.36. The molecule has 0 spiro atoms.